The summed E-state index contributed by atoms with van der Waals surface area (Å²) in [5.41, 5.74) is 0.440. The van der Waals surface area contributed by atoms with Gasteiger partial charge in [0, 0.05) is 25.4 Å². The van der Waals surface area contributed by atoms with Crippen molar-refractivity contribution in [3.05, 3.63) is 69.1 Å². The molecule has 140 valence electrons. The molecule has 0 bridgehead atoms. The number of nitrogens with one attached hydrogen (secondary N) is 1. The van der Waals surface area contributed by atoms with Gasteiger partial charge in [-0.05, 0) is 31.5 Å². The lowest BCUT2D eigenvalue weighted by molar-refractivity contribution is -0.124. The molecule has 7 nitrogen and oxygen atoms in total. The van der Waals surface area contributed by atoms with Crippen molar-refractivity contribution >= 4 is 29.3 Å². The second kappa shape index (κ2) is 7.75. The number of halogens is 1. The maximum Gasteiger partial charge on any atom is 0.262 e. The summed E-state index contributed by atoms with van der Waals surface area (Å²) in [5.74, 6) is -1.37. The fourth-order valence-corrected chi connectivity index (χ4v) is 3.14. The summed E-state index contributed by atoms with van der Waals surface area (Å²) in [6.07, 6.45) is 2.04. The first-order chi connectivity index (χ1) is 12.9. The number of rotatable bonds is 6. The van der Waals surface area contributed by atoms with E-state index in [0.29, 0.717) is 35.7 Å². The van der Waals surface area contributed by atoms with Gasteiger partial charge in [-0.2, -0.15) is 0 Å². The van der Waals surface area contributed by atoms with Crippen LogP contribution in [0.2, 0.25) is 5.02 Å². The molecule has 2 heterocycles. The van der Waals surface area contributed by atoms with Crippen LogP contribution in [0.4, 0.5) is 0 Å². The van der Waals surface area contributed by atoms with E-state index in [1.807, 2.05) is 0 Å². The third-order valence-electron chi connectivity index (χ3n) is 4.41. The number of fused-ring (bicyclic) bond motifs is 1. The highest BCUT2D eigenvalue weighted by atomic mass is 35.5. The molecule has 0 spiro atoms. The van der Waals surface area contributed by atoms with Crippen LogP contribution in [0, 0.1) is 0 Å². The Morgan fingerprint density at radius 3 is 2.33 bits per heavy atom. The number of hydrogen-bond donors (Lipinski definition) is 1. The number of aromatic nitrogens is 1. The van der Waals surface area contributed by atoms with E-state index in [0.717, 1.165) is 4.90 Å². The van der Waals surface area contributed by atoms with Gasteiger partial charge in [0.25, 0.3) is 17.4 Å². The minimum absolute atomic E-state index is 0.176. The summed E-state index contributed by atoms with van der Waals surface area (Å²) in [7, 11) is 0. The molecule has 0 radical (unpaired) electrons. The van der Waals surface area contributed by atoms with Gasteiger partial charge < -0.3 is 9.88 Å². The number of carbonyl (C=O) groups excluding carboxylic acids is 3. The van der Waals surface area contributed by atoms with Crippen LogP contribution in [0.25, 0.3) is 0 Å². The molecule has 0 saturated carbocycles. The van der Waals surface area contributed by atoms with Crippen molar-refractivity contribution in [2.75, 3.05) is 6.54 Å². The van der Waals surface area contributed by atoms with E-state index in [2.05, 4.69) is 5.32 Å². The number of hydrogen-bond acceptors (Lipinski definition) is 4. The Balaban J connectivity index is 1.56. The Kier molecular flexibility index (Phi) is 5.41. The third kappa shape index (κ3) is 3.78. The largest absolute Gasteiger partial charge is 0.354 e. The molecule has 1 N–H and O–H groups in total. The summed E-state index contributed by atoms with van der Waals surface area (Å²) >= 11 is 5.86. The molecule has 0 aliphatic carbocycles. The van der Waals surface area contributed by atoms with Crippen LogP contribution in [0.5, 0.6) is 0 Å². The first-order valence-electron chi connectivity index (χ1n) is 8.51. The molecule has 8 heteroatoms. The van der Waals surface area contributed by atoms with Crippen molar-refractivity contribution in [3.8, 4) is 0 Å². The monoisotopic (exact) mass is 387 g/mol. The van der Waals surface area contributed by atoms with E-state index >= 15 is 0 Å². The lowest BCUT2D eigenvalue weighted by Gasteiger charge is -2.21. The number of aryl methyl sites for hydroxylation is 1. The van der Waals surface area contributed by atoms with Gasteiger partial charge in [0.2, 0.25) is 5.91 Å². The number of nitrogens with zero attached hydrogens (tertiary/aromatic N) is 2. The van der Waals surface area contributed by atoms with Gasteiger partial charge >= 0.3 is 0 Å². The summed E-state index contributed by atoms with van der Waals surface area (Å²) in [5, 5.41) is 3.15. The average Bonchev–Trinajstić information content (AvgIpc) is 2.91. The zero-order valence-corrected chi connectivity index (χ0v) is 15.4. The molecule has 1 aromatic carbocycles. The maximum atomic E-state index is 12.4. The van der Waals surface area contributed by atoms with Crippen LogP contribution >= 0.6 is 11.6 Å². The van der Waals surface area contributed by atoms with Crippen molar-refractivity contribution in [2.24, 2.45) is 0 Å². The first-order valence-corrected chi connectivity index (χ1v) is 8.88. The van der Waals surface area contributed by atoms with Crippen molar-refractivity contribution in [1.29, 1.82) is 0 Å². The van der Waals surface area contributed by atoms with E-state index < -0.39 is 23.8 Å². The fraction of sp³-hybridized carbons (Fsp3) is 0.263. The van der Waals surface area contributed by atoms with E-state index in [4.69, 9.17) is 11.6 Å². The summed E-state index contributed by atoms with van der Waals surface area (Å²) in [6.45, 7) is 2.20. The van der Waals surface area contributed by atoms with E-state index in [9.17, 15) is 19.2 Å². The van der Waals surface area contributed by atoms with E-state index in [1.165, 1.54) is 29.8 Å². The number of benzene rings is 1. The van der Waals surface area contributed by atoms with Gasteiger partial charge in [-0.3, -0.25) is 24.1 Å². The first kappa shape index (κ1) is 18.8. The molecule has 2 aromatic rings. The number of carbonyl (C=O) groups is 3. The SMILES string of the molecule is CC(C(=O)NCCCn1cc(Cl)ccc1=O)N1C(=O)c2ccccc2C1=O. The quantitative estimate of drug-likeness (QED) is 0.603. The molecule has 1 atom stereocenters. The van der Waals surface area contributed by atoms with Crippen LogP contribution in [0.1, 0.15) is 34.1 Å². The Labute approximate surface area is 160 Å². The van der Waals surface area contributed by atoms with Crippen LogP contribution in [-0.4, -0.2) is 39.8 Å². The van der Waals surface area contributed by atoms with Crippen LogP contribution < -0.4 is 10.9 Å². The molecule has 1 aliphatic rings. The Hall–Kier alpha value is -2.93. The molecule has 1 aromatic heterocycles. The second-order valence-electron chi connectivity index (χ2n) is 6.23. The lowest BCUT2D eigenvalue weighted by atomic mass is 10.1. The lowest BCUT2D eigenvalue weighted by Crippen LogP contribution is -2.48. The van der Waals surface area contributed by atoms with Gasteiger partial charge in [0.05, 0.1) is 16.1 Å². The molecular weight excluding hydrogens is 370 g/mol. The van der Waals surface area contributed by atoms with Crippen molar-refractivity contribution in [1.82, 2.24) is 14.8 Å². The molecular formula is C19H18ClN3O4. The number of imide groups is 1. The minimum atomic E-state index is -0.925. The van der Waals surface area contributed by atoms with Crippen LogP contribution in [-0.2, 0) is 11.3 Å². The molecule has 0 saturated heterocycles. The zero-order valence-electron chi connectivity index (χ0n) is 14.6. The Morgan fingerprint density at radius 2 is 1.70 bits per heavy atom. The summed E-state index contributed by atoms with van der Waals surface area (Å²) in [6, 6.07) is 8.47. The smallest absolute Gasteiger partial charge is 0.262 e. The van der Waals surface area contributed by atoms with Crippen molar-refractivity contribution in [3.63, 3.8) is 0 Å². The predicted molar refractivity (Wildman–Crippen MR) is 99.7 cm³/mol. The zero-order chi connectivity index (χ0) is 19.6. The minimum Gasteiger partial charge on any atom is -0.354 e. The maximum absolute atomic E-state index is 12.4. The third-order valence-corrected chi connectivity index (χ3v) is 4.64. The Bertz CT molecular complexity index is 934. The molecule has 3 amide bonds. The van der Waals surface area contributed by atoms with Crippen LogP contribution in [0.3, 0.4) is 0 Å². The number of pyridine rings is 1. The summed E-state index contributed by atoms with van der Waals surface area (Å²) < 4.78 is 1.46. The standard InChI is InChI=1S/C19H18ClN3O4/c1-12(23-18(26)14-5-2-3-6-15(14)19(23)27)17(25)21-9-4-10-22-11-13(20)7-8-16(22)24/h2-3,5-8,11-12H,4,9-10H2,1H3,(H,21,25). The number of amides is 3. The van der Waals surface area contributed by atoms with E-state index in [1.54, 1.807) is 24.3 Å². The Morgan fingerprint density at radius 1 is 1.07 bits per heavy atom. The normalized spacial score (nSPS) is 14.2. The van der Waals surface area contributed by atoms with Gasteiger partial charge in [0.1, 0.15) is 6.04 Å². The van der Waals surface area contributed by atoms with Crippen LogP contribution in [0.15, 0.2) is 47.4 Å². The van der Waals surface area contributed by atoms with Crippen molar-refractivity contribution in [2.45, 2.75) is 25.9 Å². The molecule has 27 heavy (non-hydrogen) atoms. The predicted octanol–water partition coefficient (Wildman–Crippen LogP) is 1.69. The van der Waals surface area contributed by atoms with Crippen molar-refractivity contribution < 1.29 is 14.4 Å². The van der Waals surface area contributed by atoms with Gasteiger partial charge in [-0.15, -0.1) is 0 Å². The highest BCUT2D eigenvalue weighted by molar-refractivity contribution is 6.30. The van der Waals surface area contributed by atoms with Gasteiger partial charge in [-0.1, -0.05) is 23.7 Å². The highest BCUT2D eigenvalue weighted by Crippen LogP contribution is 2.24. The molecule has 3 rings (SSSR count). The molecule has 1 aliphatic heterocycles. The topological polar surface area (TPSA) is 88.5 Å². The average molecular weight is 388 g/mol. The van der Waals surface area contributed by atoms with Gasteiger partial charge in [-0.25, -0.2) is 0 Å². The summed E-state index contributed by atoms with van der Waals surface area (Å²) in [4.78, 5) is 49.9. The highest BCUT2D eigenvalue weighted by Gasteiger charge is 2.40. The molecule has 1 unspecified atom stereocenters. The fourth-order valence-electron chi connectivity index (χ4n) is 2.96. The van der Waals surface area contributed by atoms with Gasteiger partial charge in [0.15, 0.2) is 0 Å². The van der Waals surface area contributed by atoms with E-state index in [-0.39, 0.29) is 5.56 Å². The second-order valence-corrected chi connectivity index (χ2v) is 6.66. The molecule has 0 fully saturated rings.